The van der Waals surface area contributed by atoms with Crippen molar-refractivity contribution in [2.24, 2.45) is 17.6 Å². The molecule has 0 saturated carbocycles. The number of ether oxygens (including phenoxy) is 2. The number of aldehydes is 1. The molecule has 2 N–H and O–H groups in total. The molecule has 0 radical (unpaired) electrons. The Morgan fingerprint density at radius 1 is 1.19 bits per heavy atom. The fraction of sp³-hybridized carbons (Fsp3) is 0.917. The molecule has 0 saturated heterocycles. The van der Waals surface area contributed by atoms with E-state index in [2.05, 4.69) is 13.8 Å². The smallest absolute Gasteiger partial charge is 0.142 e. The van der Waals surface area contributed by atoms with Gasteiger partial charge >= 0.3 is 0 Å². The molecule has 96 valence electrons. The van der Waals surface area contributed by atoms with Crippen molar-refractivity contribution in [1.29, 1.82) is 0 Å². The van der Waals surface area contributed by atoms with Crippen molar-refractivity contribution in [1.82, 2.24) is 0 Å². The predicted octanol–water partition coefficient (Wildman–Crippen LogP) is 1.23. The van der Waals surface area contributed by atoms with Crippen molar-refractivity contribution in [2.75, 3.05) is 26.4 Å². The maximum absolute atomic E-state index is 10.8. The van der Waals surface area contributed by atoms with Gasteiger partial charge in [0.1, 0.15) is 6.29 Å². The molecule has 0 fully saturated rings. The fourth-order valence-electron chi connectivity index (χ4n) is 1.02. The van der Waals surface area contributed by atoms with Crippen LogP contribution < -0.4 is 5.73 Å². The van der Waals surface area contributed by atoms with E-state index in [0.29, 0.717) is 19.1 Å². The van der Waals surface area contributed by atoms with Gasteiger partial charge in [0.25, 0.3) is 0 Å². The second kappa shape index (κ2) is 7.76. The Balaban J connectivity index is 3.60. The Hall–Kier alpha value is -0.450. The molecule has 0 heterocycles. The fourth-order valence-corrected chi connectivity index (χ4v) is 1.02. The third-order valence-electron chi connectivity index (χ3n) is 2.47. The molecule has 0 bridgehead atoms. The molecule has 0 aliphatic carbocycles. The zero-order valence-corrected chi connectivity index (χ0v) is 10.9. The van der Waals surface area contributed by atoms with E-state index in [0.717, 1.165) is 12.9 Å². The standard InChI is InChI=1S/C12H25NO3/c1-10(2)7-15-5-6-16-9-12(13,8-14)11(3)4/h8,10-11H,5-7,9,13H2,1-4H3. The van der Waals surface area contributed by atoms with Gasteiger partial charge in [-0.15, -0.1) is 0 Å². The Bertz CT molecular complexity index is 195. The molecular formula is C12H25NO3. The summed E-state index contributed by atoms with van der Waals surface area (Å²) in [5.74, 6) is 0.598. The molecule has 1 atom stereocenters. The first-order valence-corrected chi connectivity index (χ1v) is 5.83. The molecule has 0 aromatic carbocycles. The average molecular weight is 231 g/mol. The van der Waals surface area contributed by atoms with Crippen molar-refractivity contribution >= 4 is 6.29 Å². The molecular weight excluding hydrogens is 206 g/mol. The lowest BCUT2D eigenvalue weighted by molar-refractivity contribution is -0.116. The Kier molecular flexibility index (Phi) is 7.55. The summed E-state index contributed by atoms with van der Waals surface area (Å²) in [4.78, 5) is 10.8. The predicted molar refractivity (Wildman–Crippen MR) is 64.3 cm³/mol. The van der Waals surface area contributed by atoms with E-state index >= 15 is 0 Å². The lowest BCUT2D eigenvalue weighted by Gasteiger charge is -2.26. The molecule has 0 aliphatic heterocycles. The summed E-state index contributed by atoms with van der Waals surface area (Å²) >= 11 is 0. The lowest BCUT2D eigenvalue weighted by atomic mass is 9.90. The van der Waals surface area contributed by atoms with Crippen LogP contribution in [0.15, 0.2) is 0 Å². The summed E-state index contributed by atoms with van der Waals surface area (Å²) in [5, 5.41) is 0. The molecule has 0 aliphatic rings. The van der Waals surface area contributed by atoms with Crippen LogP contribution in [0.4, 0.5) is 0 Å². The summed E-state index contributed by atoms with van der Waals surface area (Å²) in [6.45, 7) is 10.0. The Morgan fingerprint density at radius 3 is 2.19 bits per heavy atom. The number of carbonyl (C=O) groups is 1. The summed E-state index contributed by atoms with van der Waals surface area (Å²) in [5.41, 5.74) is 4.99. The topological polar surface area (TPSA) is 61.6 Å². The minimum atomic E-state index is -0.877. The molecule has 0 aromatic heterocycles. The normalized spacial score (nSPS) is 15.4. The molecule has 4 heteroatoms. The lowest BCUT2D eigenvalue weighted by Crippen LogP contribution is -2.51. The van der Waals surface area contributed by atoms with Gasteiger partial charge in [-0.05, 0) is 11.8 Å². The van der Waals surface area contributed by atoms with Crippen molar-refractivity contribution in [3.8, 4) is 0 Å². The number of rotatable bonds is 9. The minimum Gasteiger partial charge on any atom is -0.379 e. The number of hydrogen-bond donors (Lipinski definition) is 1. The summed E-state index contributed by atoms with van der Waals surface area (Å²) < 4.78 is 10.7. The zero-order chi connectivity index (χ0) is 12.6. The van der Waals surface area contributed by atoms with Gasteiger partial charge in [0, 0.05) is 6.61 Å². The third-order valence-corrected chi connectivity index (χ3v) is 2.47. The third kappa shape index (κ3) is 6.20. The van der Waals surface area contributed by atoms with Crippen LogP contribution in [0.3, 0.4) is 0 Å². The molecule has 0 spiro atoms. The van der Waals surface area contributed by atoms with E-state index in [1.165, 1.54) is 0 Å². The van der Waals surface area contributed by atoms with E-state index < -0.39 is 5.54 Å². The van der Waals surface area contributed by atoms with Crippen molar-refractivity contribution < 1.29 is 14.3 Å². The quantitative estimate of drug-likeness (QED) is 0.479. The maximum Gasteiger partial charge on any atom is 0.142 e. The van der Waals surface area contributed by atoms with Gasteiger partial charge in [-0.1, -0.05) is 27.7 Å². The molecule has 0 aromatic rings. The summed E-state index contributed by atoms with van der Waals surface area (Å²) in [7, 11) is 0. The highest BCUT2D eigenvalue weighted by Crippen LogP contribution is 2.11. The molecule has 0 amide bonds. The second-order valence-electron chi connectivity index (χ2n) is 4.91. The zero-order valence-electron chi connectivity index (χ0n) is 10.9. The van der Waals surface area contributed by atoms with Crippen LogP contribution in [0, 0.1) is 11.8 Å². The van der Waals surface area contributed by atoms with Crippen LogP contribution in [0.2, 0.25) is 0 Å². The van der Waals surface area contributed by atoms with E-state index in [4.69, 9.17) is 15.2 Å². The van der Waals surface area contributed by atoms with Gasteiger partial charge in [0.05, 0.1) is 25.4 Å². The highest BCUT2D eigenvalue weighted by Gasteiger charge is 2.28. The monoisotopic (exact) mass is 231 g/mol. The van der Waals surface area contributed by atoms with E-state index in [1.54, 1.807) is 0 Å². The highest BCUT2D eigenvalue weighted by atomic mass is 16.5. The largest absolute Gasteiger partial charge is 0.379 e. The van der Waals surface area contributed by atoms with Gasteiger partial charge in [-0.3, -0.25) is 0 Å². The van der Waals surface area contributed by atoms with E-state index in [9.17, 15) is 4.79 Å². The van der Waals surface area contributed by atoms with Gasteiger partial charge < -0.3 is 20.0 Å². The Labute approximate surface area is 98.5 Å². The second-order valence-corrected chi connectivity index (χ2v) is 4.91. The van der Waals surface area contributed by atoms with Crippen LogP contribution >= 0.6 is 0 Å². The van der Waals surface area contributed by atoms with Crippen LogP contribution in [0.5, 0.6) is 0 Å². The van der Waals surface area contributed by atoms with Crippen molar-refractivity contribution in [2.45, 2.75) is 33.2 Å². The first kappa shape index (κ1) is 15.6. The van der Waals surface area contributed by atoms with Crippen LogP contribution in [0.25, 0.3) is 0 Å². The molecule has 1 unspecified atom stereocenters. The summed E-state index contributed by atoms with van der Waals surface area (Å²) in [6.07, 6.45) is 0.770. The number of carbonyl (C=O) groups excluding carboxylic acids is 1. The SMILES string of the molecule is CC(C)COCCOCC(N)(C=O)C(C)C. The van der Waals surface area contributed by atoms with Gasteiger partial charge in [0.2, 0.25) is 0 Å². The van der Waals surface area contributed by atoms with Gasteiger partial charge in [-0.25, -0.2) is 0 Å². The Morgan fingerprint density at radius 2 is 1.75 bits per heavy atom. The van der Waals surface area contributed by atoms with Gasteiger partial charge in [0.15, 0.2) is 0 Å². The van der Waals surface area contributed by atoms with Gasteiger partial charge in [-0.2, -0.15) is 0 Å². The number of nitrogens with two attached hydrogens (primary N) is 1. The maximum atomic E-state index is 10.8. The summed E-state index contributed by atoms with van der Waals surface area (Å²) in [6, 6.07) is 0. The first-order chi connectivity index (χ1) is 7.42. The highest BCUT2D eigenvalue weighted by molar-refractivity contribution is 5.64. The van der Waals surface area contributed by atoms with E-state index in [-0.39, 0.29) is 12.5 Å². The minimum absolute atomic E-state index is 0.0709. The van der Waals surface area contributed by atoms with Crippen molar-refractivity contribution in [3.63, 3.8) is 0 Å². The first-order valence-electron chi connectivity index (χ1n) is 5.83. The van der Waals surface area contributed by atoms with Crippen LogP contribution in [0.1, 0.15) is 27.7 Å². The molecule has 4 nitrogen and oxygen atoms in total. The van der Waals surface area contributed by atoms with Crippen LogP contribution in [-0.4, -0.2) is 38.3 Å². The molecule has 16 heavy (non-hydrogen) atoms. The van der Waals surface area contributed by atoms with Crippen LogP contribution in [-0.2, 0) is 14.3 Å². The van der Waals surface area contributed by atoms with Crippen molar-refractivity contribution in [3.05, 3.63) is 0 Å². The average Bonchev–Trinajstić information content (AvgIpc) is 2.22. The number of hydrogen-bond acceptors (Lipinski definition) is 4. The van der Waals surface area contributed by atoms with E-state index in [1.807, 2.05) is 13.8 Å². The molecule has 0 rings (SSSR count).